The van der Waals surface area contributed by atoms with E-state index in [1.807, 2.05) is 24.3 Å². The maximum absolute atomic E-state index is 5.45. The lowest BCUT2D eigenvalue weighted by Crippen LogP contribution is -2.04. The standard InChI is InChI=1S/C14H15N5O/c1-3-8-15-13-11-7-5-4-6-10(11)12(17-18-13)14-19-16-9(2)20-14/h4-7H,3,8H2,1-2H3,(H,15,18). The number of hydrogen-bond donors (Lipinski definition) is 1. The van der Waals surface area contributed by atoms with E-state index < -0.39 is 0 Å². The van der Waals surface area contributed by atoms with Gasteiger partial charge < -0.3 is 9.73 Å². The molecular formula is C14H15N5O. The van der Waals surface area contributed by atoms with Gasteiger partial charge in [-0.1, -0.05) is 31.2 Å². The molecule has 0 aliphatic heterocycles. The van der Waals surface area contributed by atoms with Crippen molar-refractivity contribution in [1.82, 2.24) is 20.4 Å². The van der Waals surface area contributed by atoms with Crippen molar-refractivity contribution in [2.75, 3.05) is 11.9 Å². The first-order valence-corrected chi connectivity index (χ1v) is 6.59. The molecular weight excluding hydrogens is 254 g/mol. The Morgan fingerprint density at radius 1 is 1.05 bits per heavy atom. The molecule has 1 N–H and O–H groups in total. The van der Waals surface area contributed by atoms with Gasteiger partial charge in [-0.25, -0.2) is 0 Å². The molecule has 0 aliphatic carbocycles. The highest BCUT2D eigenvalue weighted by Crippen LogP contribution is 2.28. The van der Waals surface area contributed by atoms with E-state index >= 15 is 0 Å². The molecule has 102 valence electrons. The number of benzene rings is 1. The summed E-state index contributed by atoms with van der Waals surface area (Å²) >= 11 is 0. The number of aromatic nitrogens is 4. The molecule has 0 aliphatic rings. The molecule has 0 atom stereocenters. The van der Waals surface area contributed by atoms with Crippen LogP contribution in [0.15, 0.2) is 28.7 Å². The van der Waals surface area contributed by atoms with E-state index in [1.165, 1.54) is 0 Å². The molecule has 0 radical (unpaired) electrons. The van der Waals surface area contributed by atoms with Gasteiger partial charge in [-0.2, -0.15) is 0 Å². The zero-order valence-corrected chi connectivity index (χ0v) is 11.4. The second-order valence-electron chi connectivity index (χ2n) is 4.50. The predicted molar refractivity (Wildman–Crippen MR) is 76.3 cm³/mol. The number of nitrogens with zero attached hydrogens (tertiary/aromatic N) is 4. The van der Waals surface area contributed by atoms with E-state index in [1.54, 1.807) is 6.92 Å². The van der Waals surface area contributed by atoms with Gasteiger partial charge in [0.1, 0.15) is 0 Å². The van der Waals surface area contributed by atoms with Gasteiger partial charge in [0.15, 0.2) is 11.5 Å². The molecule has 0 saturated carbocycles. The van der Waals surface area contributed by atoms with Crippen LogP contribution >= 0.6 is 0 Å². The smallest absolute Gasteiger partial charge is 0.268 e. The molecule has 1 aromatic carbocycles. The Bertz CT molecular complexity index is 737. The number of fused-ring (bicyclic) bond motifs is 1. The van der Waals surface area contributed by atoms with E-state index in [0.29, 0.717) is 17.5 Å². The molecule has 6 heteroatoms. The fraction of sp³-hybridized carbons (Fsp3) is 0.286. The van der Waals surface area contributed by atoms with Gasteiger partial charge in [-0.05, 0) is 6.42 Å². The van der Waals surface area contributed by atoms with E-state index in [-0.39, 0.29) is 0 Å². The fourth-order valence-electron chi connectivity index (χ4n) is 2.03. The Kier molecular flexibility index (Phi) is 3.28. The molecule has 2 heterocycles. The van der Waals surface area contributed by atoms with Crippen LogP contribution in [0.5, 0.6) is 0 Å². The maximum Gasteiger partial charge on any atom is 0.268 e. The summed E-state index contributed by atoms with van der Waals surface area (Å²) in [5, 5.41) is 21.6. The third-order valence-electron chi connectivity index (χ3n) is 2.96. The number of hydrogen-bond acceptors (Lipinski definition) is 6. The summed E-state index contributed by atoms with van der Waals surface area (Å²) in [6, 6.07) is 7.93. The average Bonchev–Trinajstić information content (AvgIpc) is 2.91. The summed E-state index contributed by atoms with van der Waals surface area (Å²) in [4.78, 5) is 0. The minimum absolute atomic E-state index is 0.397. The zero-order valence-electron chi connectivity index (χ0n) is 11.4. The van der Waals surface area contributed by atoms with Crippen molar-refractivity contribution < 1.29 is 4.42 Å². The lowest BCUT2D eigenvalue weighted by molar-refractivity contribution is 0.531. The Balaban J connectivity index is 2.15. The summed E-state index contributed by atoms with van der Waals surface area (Å²) in [6.07, 6.45) is 1.03. The van der Waals surface area contributed by atoms with E-state index in [0.717, 1.165) is 29.6 Å². The highest BCUT2D eigenvalue weighted by atomic mass is 16.4. The Labute approximate surface area is 116 Å². The van der Waals surface area contributed by atoms with E-state index in [2.05, 4.69) is 32.6 Å². The molecule has 0 fully saturated rings. The lowest BCUT2D eigenvalue weighted by Gasteiger charge is -2.08. The van der Waals surface area contributed by atoms with Crippen LogP contribution in [0.4, 0.5) is 5.82 Å². The molecule has 0 bridgehead atoms. The summed E-state index contributed by atoms with van der Waals surface area (Å²) in [7, 11) is 0. The molecule has 0 unspecified atom stereocenters. The van der Waals surface area contributed by atoms with Crippen molar-refractivity contribution >= 4 is 16.6 Å². The fourth-order valence-corrected chi connectivity index (χ4v) is 2.03. The SMILES string of the molecule is CCCNc1nnc(-c2nnc(C)o2)c2ccccc12. The highest BCUT2D eigenvalue weighted by Gasteiger charge is 2.14. The first-order valence-electron chi connectivity index (χ1n) is 6.59. The van der Waals surface area contributed by atoms with Gasteiger partial charge in [-0.15, -0.1) is 20.4 Å². The predicted octanol–water partition coefficient (Wildman–Crippen LogP) is 2.81. The Morgan fingerprint density at radius 2 is 1.85 bits per heavy atom. The van der Waals surface area contributed by atoms with Crippen LogP contribution in [-0.2, 0) is 0 Å². The molecule has 20 heavy (non-hydrogen) atoms. The summed E-state index contributed by atoms with van der Waals surface area (Å²) in [5.74, 6) is 1.69. The molecule has 0 saturated heterocycles. The van der Waals surface area contributed by atoms with Gasteiger partial charge >= 0.3 is 0 Å². The summed E-state index contributed by atoms with van der Waals surface area (Å²) in [5.41, 5.74) is 0.614. The molecule has 0 spiro atoms. The largest absolute Gasteiger partial charge is 0.420 e. The van der Waals surface area contributed by atoms with Crippen LogP contribution in [-0.4, -0.2) is 26.9 Å². The van der Waals surface area contributed by atoms with Crippen LogP contribution in [0.3, 0.4) is 0 Å². The Hall–Kier alpha value is -2.50. The zero-order chi connectivity index (χ0) is 13.9. The minimum Gasteiger partial charge on any atom is -0.420 e. The monoisotopic (exact) mass is 269 g/mol. The topological polar surface area (TPSA) is 76.7 Å². The van der Waals surface area contributed by atoms with Gasteiger partial charge in [0, 0.05) is 24.2 Å². The third kappa shape index (κ3) is 2.20. The van der Waals surface area contributed by atoms with Gasteiger partial charge in [-0.3, -0.25) is 0 Å². The number of anilines is 1. The normalized spacial score (nSPS) is 10.9. The third-order valence-corrected chi connectivity index (χ3v) is 2.96. The van der Waals surface area contributed by atoms with Crippen LogP contribution in [0.1, 0.15) is 19.2 Å². The van der Waals surface area contributed by atoms with Crippen molar-refractivity contribution in [1.29, 1.82) is 0 Å². The van der Waals surface area contributed by atoms with Crippen LogP contribution in [0.25, 0.3) is 22.4 Å². The molecule has 3 rings (SSSR count). The quantitative estimate of drug-likeness (QED) is 0.784. The van der Waals surface area contributed by atoms with E-state index in [4.69, 9.17) is 4.42 Å². The van der Waals surface area contributed by atoms with Crippen molar-refractivity contribution in [2.24, 2.45) is 0 Å². The van der Waals surface area contributed by atoms with Crippen molar-refractivity contribution in [3.8, 4) is 11.6 Å². The van der Waals surface area contributed by atoms with Crippen LogP contribution in [0, 0.1) is 6.92 Å². The Morgan fingerprint density at radius 3 is 2.55 bits per heavy atom. The van der Waals surface area contributed by atoms with E-state index in [9.17, 15) is 0 Å². The minimum atomic E-state index is 0.397. The number of nitrogens with one attached hydrogen (secondary N) is 1. The number of rotatable bonds is 4. The first kappa shape index (κ1) is 12.5. The molecule has 2 aromatic heterocycles. The highest BCUT2D eigenvalue weighted by molar-refractivity contribution is 5.98. The second kappa shape index (κ2) is 5.24. The van der Waals surface area contributed by atoms with Crippen molar-refractivity contribution in [2.45, 2.75) is 20.3 Å². The van der Waals surface area contributed by atoms with Crippen LogP contribution < -0.4 is 5.32 Å². The van der Waals surface area contributed by atoms with Gasteiger partial charge in [0.05, 0.1) is 0 Å². The van der Waals surface area contributed by atoms with Crippen LogP contribution in [0.2, 0.25) is 0 Å². The molecule has 6 nitrogen and oxygen atoms in total. The lowest BCUT2D eigenvalue weighted by atomic mass is 10.1. The second-order valence-corrected chi connectivity index (χ2v) is 4.50. The van der Waals surface area contributed by atoms with Crippen molar-refractivity contribution in [3.63, 3.8) is 0 Å². The number of aryl methyl sites for hydroxylation is 1. The van der Waals surface area contributed by atoms with Crippen molar-refractivity contribution in [3.05, 3.63) is 30.2 Å². The summed E-state index contributed by atoms with van der Waals surface area (Å²) in [6.45, 7) is 4.72. The van der Waals surface area contributed by atoms with Gasteiger partial charge in [0.25, 0.3) is 5.89 Å². The maximum atomic E-state index is 5.45. The van der Waals surface area contributed by atoms with Gasteiger partial charge in [0.2, 0.25) is 5.89 Å². The first-order chi connectivity index (χ1) is 9.79. The molecule has 0 amide bonds. The molecule has 3 aromatic rings. The summed E-state index contributed by atoms with van der Waals surface area (Å²) < 4.78 is 5.45. The average molecular weight is 269 g/mol.